The lowest BCUT2D eigenvalue weighted by Gasteiger charge is -2.27. The second-order valence-electron chi connectivity index (χ2n) is 8.21. The fourth-order valence-corrected chi connectivity index (χ4v) is 2.60. The highest BCUT2D eigenvalue weighted by molar-refractivity contribution is 5.82. The van der Waals surface area contributed by atoms with Crippen LogP contribution < -0.4 is 5.32 Å². The zero-order chi connectivity index (χ0) is 23.6. The number of amides is 2. The third kappa shape index (κ3) is 9.07. The Morgan fingerprint density at radius 3 is 1.88 bits per heavy atom. The number of carbonyl (C=O) groups is 3. The van der Waals surface area contributed by atoms with Gasteiger partial charge in [-0.2, -0.15) is 0 Å². The van der Waals surface area contributed by atoms with Gasteiger partial charge in [0.15, 0.2) is 0 Å². The van der Waals surface area contributed by atoms with E-state index in [0.29, 0.717) is 0 Å². The van der Waals surface area contributed by atoms with Gasteiger partial charge >= 0.3 is 18.2 Å². The molecule has 2 rings (SSSR count). The minimum Gasteiger partial charge on any atom is -0.459 e. The zero-order valence-corrected chi connectivity index (χ0v) is 18.9. The minimum absolute atomic E-state index is 0.0348. The molecule has 172 valence electrons. The van der Waals surface area contributed by atoms with Gasteiger partial charge in [-0.1, -0.05) is 60.7 Å². The predicted molar refractivity (Wildman–Crippen MR) is 119 cm³/mol. The Balaban J connectivity index is 2.00. The molecule has 0 aliphatic rings. The highest BCUT2D eigenvalue weighted by Gasteiger charge is 2.28. The molecule has 8 heteroatoms. The van der Waals surface area contributed by atoms with Gasteiger partial charge in [0.05, 0.1) is 6.54 Å². The van der Waals surface area contributed by atoms with E-state index in [1.807, 2.05) is 60.7 Å². The van der Waals surface area contributed by atoms with Gasteiger partial charge in [-0.15, -0.1) is 0 Å². The molecule has 0 spiro atoms. The molecule has 0 fully saturated rings. The summed E-state index contributed by atoms with van der Waals surface area (Å²) in [4.78, 5) is 38.5. The summed E-state index contributed by atoms with van der Waals surface area (Å²) in [5.41, 5.74) is 0.903. The second kappa shape index (κ2) is 11.7. The van der Waals surface area contributed by atoms with Crippen molar-refractivity contribution in [2.45, 2.75) is 45.6 Å². The van der Waals surface area contributed by atoms with Crippen LogP contribution in [0.25, 0.3) is 0 Å². The quantitative estimate of drug-likeness (QED) is 0.492. The molecule has 2 aromatic rings. The molecule has 1 N–H and O–H groups in total. The number of likely N-dealkylation sites (N-methyl/N-ethyl adjacent to an activating group) is 1. The maximum absolute atomic E-state index is 12.7. The van der Waals surface area contributed by atoms with E-state index in [-0.39, 0.29) is 19.8 Å². The summed E-state index contributed by atoms with van der Waals surface area (Å²) >= 11 is 0. The van der Waals surface area contributed by atoms with Crippen LogP contribution in [-0.4, -0.2) is 48.3 Å². The maximum atomic E-state index is 12.7. The topological polar surface area (TPSA) is 94.2 Å². The number of nitrogens with zero attached hydrogens (tertiary/aromatic N) is 1. The number of nitrogens with one attached hydrogen (secondary N) is 1. The highest BCUT2D eigenvalue weighted by atomic mass is 16.6. The smallest absolute Gasteiger partial charge is 0.410 e. The first-order valence-electron chi connectivity index (χ1n) is 10.3. The molecular formula is C24H30N2O6. The van der Waals surface area contributed by atoms with Gasteiger partial charge in [0.2, 0.25) is 0 Å². The van der Waals surface area contributed by atoms with E-state index in [1.54, 1.807) is 20.8 Å². The fraction of sp³-hybridized carbons (Fsp3) is 0.375. The molecular weight excluding hydrogens is 412 g/mol. The SMILES string of the molecule is CN(C[C@H](NC(=O)OCc1ccccc1)C(=O)OCc1ccccc1)C(=O)OC(C)(C)C. The van der Waals surface area contributed by atoms with Gasteiger partial charge in [-0.05, 0) is 31.9 Å². The van der Waals surface area contributed by atoms with Crippen LogP contribution in [0.5, 0.6) is 0 Å². The number of benzene rings is 2. The molecule has 0 saturated carbocycles. The van der Waals surface area contributed by atoms with Crippen LogP contribution >= 0.6 is 0 Å². The van der Waals surface area contributed by atoms with Gasteiger partial charge in [0.25, 0.3) is 0 Å². The molecule has 1 atom stereocenters. The Kier molecular flexibility index (Phi) is 9.07. The van der Waals surface area contributed by atoms with Gasteiger partial charge in [-0.25, -0.2) is 14.4 Å². The Bertz CT molecular complexity index is 880. The van der Waals surface area contributed by atoms with Crippen molar-refractivity contribution in [3.8, 4) is 0 Å². The van der Waals surface area contributed by atoms with Gasteiger partial charge < -0.3 is 24.4 Å². The first-order chi connectivity index (χ1) is 15.1. The minimum atomic E-state index is -1.14. The lowest BCUT2D eigenvalue weighted by molar-refractivity contribution is -0.147. The monoisotopic (exact) mass is 442 g/mol. The number of hydrogen-bond donors (Lipinski definition) is 1. The molecule has 0 bridgehead atoms. The van der Waals surface area contributed by atoms with E-state index in [4.69, 9.17) is 14.2 Å². The molecule has 32 heavy (non-hydrogen) atoms. The summed E-state index contributed by atoms with van der Waals surface area (Å²) in [5.74, 6) is -0.694. The first kappa shape index (κ1) is 24.7. The van der Waals surface area contributed by atoms with Gasteiger partial charge in [-0.3, -0.25) is 0 Å². The molecule has 2 amide bonds. The standard InChI is InChI=1S/C24H30N2O6/c1-24(2,3)32-23(29)26(4)15-20(21(27)30-16-18-11-7-5-8-12-18)25-22(28)31-17-19-13-9-6-10-14-19/h5-14,20H,15-17H2,1-4H3,(H,25,28)/t20-/m0/s1. The predicted octanol–water partition coefficient (Wildman–Crippen LogP) is 3.89. The third-order valence-electron chi connectivity index (χ3n) is 4.17. The number of alkyl carbamates (subject to hydrolysis) is 1. The average molecular weight is 443 g/mol. The van der Waals surface area contributed by atoms with E-state index in [2.05, 4.69) is 5.32 Å². The normalized spacial score (nSPS) is 11.8. The Morgan fingerprint density at radius 1 is 0.875 bits per heavy atom. The number of hydrogen-bond acceptors (Lipinski definition) is 6. The van der Waals surface area contributed by atoms with Crippen molar-refractivity contribution in [2.24, 2.45) is 0 Å². The summed E-state index contributed by atoms with van der Waals surface area (Å²) < 4.78 is 15.9. The molecule has 0 heterocycles. The van der Waals surface area contributed by atoms with Crippen LogP contribution in [0.15, 0.2) is 60.7 Å². The first-order valence-corrected chi connectivity index (χ1v) is 10.3. The van der Waals surface area contributed by atoms with Crippen molar-refractivity contribution in [1.82, 2.24) is 10.2 Å². The van der Waals surface area contributed by atoms with Crippen molar-refractivity contribution in [3.05, 3.63) is 71.8 Å². The zero-order valence-electron chi connectivity index (χ0n) is 18.9. The summed E-state index contributed by atoms with van der Waals surface area (Å²) in [5, 5.41) is 2.49. The van der Waals surface area contributed by atoms with Crippen molar-refractivity contribution >= 4 is 18.2 Å². The fourth-order valence-electron chi connectivity index (χ4n) is 2.60. The third-order valence-corrected chi connectivity index (χ3v) is 4.17. The molecule has 0 saturated heterocycles. The highest BCUT2D eigenvalue weighted by Crippen LogP contribution is 2.10. The van der Waals surface area contributed by atoms with E-state index in [9.17, 15) is 14.4 Å². The summed E-state index contributed by atoms with van der Waals surface area (Å²) in [6.45, 7) is 5.15. The molecule has 8 nitrogen and oxygen atoms in total. The van der Waals surface area contributed by atoms with Crippen molar-refractivity contribution in [1.29, 1.82) is 0 Å². The molecule has 0 radical (unpaired) electrons. The summed E-state index contributed by atoms with van der Waals surface area (Å²) in [7, 11) is 1.47. The van der Waals surface area contributed by atoms with Crippen molar-refractivity contribution < 1.29 is 28.6 Å². The van der Waals surface area contributed by atoms with E-state index >= 15 is 0 Å². The van der Waals surface area contributed by atoms with Gasteiger partial charge in [0.1, 0.15) is 24.9 Å². The van der Waals surface area contributed by atoms with Crippen LogP contribution in [0.4, 0.5) is 9.59 Å². The number of carbonyl (C=O) groups excluding carboxylic acids is 3. The Labute approximate surface area is 188 Å². The lowest BCUT2D eigenvalue weighted by Crippen LogP contribution is -2.50. The number of esters is 1. The van der Waals surface area contributed by atoms with Gasteiger partial charge in [0, 0.05) is 7.05 Å². The molecule has 0 aromatic heterocycles. The van der Waals surface area contributed by atoms with Crippen LogP contribution in [-0.2, 0) is 32.2 Å². The van der Waals surface area contributed by atoms with Crippen LogP contribution in [0.2, 0.25) is 0 Å². The van der Waals surface area contributed by atoms with Crippen molar-refractivity contribution in [3.63, 3.8) is 0 Å². The van der Waals surface area contributed by atoms with Crippen LogP contribution in [0.1, 0.15) is 31.9 Å². The Hall–Kier alpha value is -3.55. The van der Waals surface area contributed by atoms with E-state index in [0.717, 1.165) is 11.1 Å². The van der Waals surface area contributed by atoms with E-state index in [1.165, 1.54) is 11.9 Å². The number of ether oxygens (including phenoxy) is 3. The average Bonchev–Trinajstić information content (AvgIpc) is 2.75. The molecule has 0 unspecified atom stereocenters. The lowest BCUT2D eigenvalue weighted by atomic mass is 10.2. The van der Waals surface area contributed by atoms with E-state index < -0.39 is 29.8 Å². The maximum Gasteiger partial charge on any atom is 0.410 e. The Morgan fingerprint density at radius 2 is 1.38 bits per heavy atom. The second-order valence-corrected chi connectivity index (χ2v) is 8.21. The van der Waals surface area contributed by atoms with Crippen molar-refractivity contribution in [2.75, 3.05) is 13.6 Å². The summed E-state index contributed by atoms with van der Waals surface area (Å²) in [6, 6.07) is 17.2. The largest absolute Gasteiger partial charge is 0.459 e. The van der Waals surface area contributed by atoms with Crippen LogP contribution in [0, 0.1) is 0 Å². The molecule has 0 aliphatic carbocycles. The van der Waals surface area contributed by atoms with Crippen LogP contribution in [0.3, 0.4) is 0 Å². The summed E-state index contributed by atoms with van der Waals surface area (Å²) in [6.07, 6.45) is -1.43. The molecule has 0 aliphatic heterocycles. The number of rotatable bonds is 8. The molecule has 2 aromatic carbocycles.